The highest BCUT2D eigenvalue weighted by Gasteiger charge is 2.13. The van der Waals surface area contributed by atoms with Crippen LogP contribution in [0.5, 0.6) is 0 Å². The van der Waals surface area contributed by atoms with E-state index in [0.717, 1.165) is 4.47 Å². The second kappa shape index (κ2) is 6.72. The molecule has 2 N–H and O–H groups in total. The number of anilines is 1. The number of amides is 1. The predicted molar refractivity (Wildman–Crippen MR) is 90.9 cm³/mol. The second-order valence-electron chi connectivity index (χ2n) is 4.08. The molecule has 1 amide bonds. The summed E-state index contributed by atoms with van der Waals surface area (Å²) in [6.07, 6.45) is 0. The fraction of sp³-hybridized carbons (Fsp3) is 0. The number of rotatable bonds is 3. The van der Waals surface area contributed by atoms with E-state index in [1.165, 1.54) is 12.1 Å². The molecule has 0 aromatic heterocycles. The average molecular weight is 478 g/mol. The first-order valence-corrected chi connectivity index (χ1v) is 8.05. The van der Waals surface area contributed by atoms with Crippen LogP contribution in [0.25, 0.3) is 0 Å². The Balaban J connectivity index is 2.31. The molecule has 0 aliphatic carbocycles. The molecule has 0 aliphatic heterocycles. The summed E-state index contributed by atoms with van der Waals surface area (Å²) in [6, 6.07) is 9.61. The Morgan fingerprint density at radius 3 is 2.29 bits per heavy atom. The molecule has 4 nitrogen and oxygen atoms in total. The van der Waals surface area contributed by atoms with Crippen LogP contribution in [0.15, 0.2) is 49.8 Å². The van der Waals surface area contributed by atoms with Crippen molar-refractivity contribution in [2.75, 3.05) is 5.32 Å². The number of hydrogen-bond acceptors (Lipinski definition) is 2. The Morgan fingerprint density at radius 2 is 1.67 bits per heavy atom. The summed E-state index contributed by atoms with van der Waals surface area (Å²) in [5, 5.41) is 11.7. The van der Waals surface area contributed by atoms with Crippen LogP contribution in [0.4, 0.5) is 5.69 Å². The molecule has 0 spiro atoms. The molecular weight excluding hydrogens is 470 g/mol. The third kappa shape index (κ3) is 3.93. The van der Waals surface area contributed by atoms with Crippen LogP contribution in [0.3, 0.4) is 0 Å². The molecule has 0 saturated heterocycles. The molecule has 2 rings (SSSR count). The van der Waals surface area contributed by atoms with E-state index in [9.17, 15) is 9.59 Å². The van der Waals surface area contributed by atoms with E-state index in [4.69, 9.17) is 5.11 Å². The van der Waals surface area contributed by atoms with Gasteiger partial charge in [0.25, 0.3) is 5.91 Å². The van der Waals surface area contributed by atoms with Crippen molar-refractivity contribution in [2.24, 2.45) is 0 Å². The van der Waals surface area contributed by atoms with E-state index in [1.54, 1.807) is 24.3 Å². The van der Waals surface area contributed by atoms with E-state index < -0.39 is 5.97 Å². The van der Waals surface area contributed by atoms with Crippen molar-refractivity contribution in [1.29, 1.82) is 0 Å². The zero-order valence-electron chi connectivity index (χ0n) is 10.4. The summed E-state index contributed by atoms with van der Waals surface area (Å²) in [6.45, 7) is 0. The van der Waals surface area contributed by atoms with Gasteiger partial charge < -0.3 is 10.4 Å². The minimum Gasteiger partial charge on any atom is -0.478 e. The van der Waals surface area contributed by atoms with Crippen molar-refractivity contribution in [1.82, 2.24) is 0 Å². The SMILES string of the molecule is O=C(O)c1ccc(Br)c(NC(=O)c2ccc(Br)cc2Br)c1. The standard InChI is InChI=1S/C14H8Br3NO3/c15-8-2-3-9(11(17)6-8)13(19)18-12-5-7(14(20)21)1-4-10(12)16/h1-6H,(H,18,19)(H,20,21). The third-order valence-electron chi connectivity index (χ3n) is 2.64. The number of hydrogen-bond donors (Lipinski definition) is 2. The van der Waals surface area contributed by atoms with Crippen molar-refractivity contribution in [2.45, 2.75) is 0 Å². The molecule has 0 saturated carbocycles. The smallest absolute Gasteiger partial charge is 0.335 e. The van der Waals surface area contributed by atoms with E-state index >= 15 is 0 Å². The second-order valence-corrected chi connectivity index (χ2v) is 6.70. The summed E-state index contributed by atoms with van der Waals surface area (Å²) in [5.74, 6) is -1.39. The molecule has 0 atom stereocenters. The Hall–Kier alpha value is -1.18. The van der Waals surface area contributed by atoms with Crippen LogP contribution < -0.4 is 5.32 Å². The Labute approximate surface area is 145 Å². The van der Waals surface area contributed by atoms with Gasteiger partial charge in [-0.2, -0.15) is 0 Å². The number of carbonyl (C=O) groups is 2. The first kappa shape index (κ1) is 16.2. The number of carboxylic acids is 1. The molecule has 21 heavy (non-hydrogen) atoms. The monoisotopic (exact) mass is 475 g/mol. The quantitative estimate of drug-likeness (QED) is 0.659. The summed E-state index contributed by atoms with van der Waals surface area (Å²) >= 11 is 9.92. The molecule has 0 unspecified atom stereocenters. The highest BCUT2D eigenvalue weighted by atomic mass is 79.9. The molecule has 2 aromatic carbocycles. The maximum Gasteiger partial charge on any atom is 0.335 e. The van der Waals surface area contributed by atoms with E-state index in [0.29, 0.717) is 20.2 Å². The third-order valence-corrected chi connectivity index (χ3v) is 4.48. The van der Waals surface area contributed by atoms with Gasteiger partial charge in [-0.15, -0.1) is 0 Å². The summed E-state index contributed by atoms with van der Waals surface area (Å²) in [4.78, 5) is 23.2. The van der Waals surface area contributed by atoms with Crippen LogP contribution >= 0.6 is 47.8 Å². The largest absolute Gasteiger partial charge is 0.478 e. The Kier molecular flexibility index (Phi) is 5.18. The predicted octanol–water partition coefficient (Wildman–Crippen LogP) is 4.92. The molecule has 108 valence electrons. The fourth-order valence-corrected chi connectivity index (χ4v) is 3.19. The zero-order chi connectivity index (χ0) is 15.6. The van der Waals surface area contributed by atoms with Crippen molar-refractivity contribution in [3.8, 4) is 0 Å². The molecule has 0 fully saturated rings. The molecule has 0 heterocycles. The summed E-state index contributed by atoms with van der Waals surface area (Å²) < 4.78 is 2.09. The lowest BCUT2D eigenvalue weighted by Crippen LogP contribution is -2.13. The normalized spacial score (nSPS) is 10.2. The highest BCUT2D eigenvalue weighted by Crippen LogP contribution is 2.26. The lowest BCUT2D eigenvalue weighted by Gasteiger charge is -2.10. The molecular formula is C14H8Br3NO3. The number of carbonyl (C=O) groups excluding carboxylic acids is 1. The molecule has 2 aromatic rings. The van der Waals surface area contributed by atoms with Crippen molar-refractivity contribution in [3.63, 3.8) is 0 Å². The maximum atomic E-state index is 12.3. The van der Waals surface area contributed by atoms with Crippen molar-refractivity contribution in [3.05, 3.63) is 60.9 Å². The minimum atomic E-state index is -1.05. The summed E-state index contributed by atoms with van der Waals surface area (Å²) in [5.41, 5.74) is 0.948. The van der Waals surface area contributed by atoms with Gasteiger partial charge in [-0.05, 0) is 68.3 Å². The van der Waals surface area contributed by atoms with Crippen LogP contribution in [-0.4, -0.2) is 17.0 Å². The first-order valence-electron chi connectivity index (χ1n) is 5.67. The van der Waals surface area contributed by atoms with Gasteiger partial charge in [0.05, 0.1) is 16.8 Å². The van der Waals surface area contributed by atoms with Crippen LogP contribution in [0.2, 0.25) is 0 Å². The van der Waals surface area contributed by atoms with Gasteiger partial charge >= 0.3 is 5.97 Å². The Bertz CT molecular complexity index is 731. The van der Waals surface area contributed by atoms with Gasteiger partial charge in [0.15, 0.2) is 0 Å². The zero-order valence-corrected chi connectivity index (χ0v) is 15.1. The van der Waals surface area contributed by atoms with Crippen molar-refractivity contribution >= 4 is 65.4 Å². The molecule has 7 heteroatoms. The Morgan fingerprint density at radius 1 is 0.952 bits per heavy atom. The molecule has 0 radical (unpaired) electrons. The van der Waals surface area contributed by atoms with Gasteiger partial charge in [0.2, 0.25) is 0 Å². The van der Waals surface area contributed by atoms with Gasteiger partial charge in [0.1, 0.15) is 0 Å². The number of halogens is 3. The molecule has 0 aliphatic rings. The average Bonchev–Trinajstić information content (AvgIpc) is 2.40. The van der Waals surface area contributed by atoms with Crippen LogP contribution in [0, 0.1) is 0 Å². The number of nitrogens with one attached hydrogen (secondary N) is 1. The lowest BCUT2D eigenvalue weighted by molar-refractivity contribution is 0.0696. The number of benzene rings is 2. The maximum absolute atomic E-state index is 12.3. The van der Waals surface area contributed by atoms with Crippen molar-refractivity contribution < 1.29 is 14.7 Å². The van der Waals surface area contributed by atoms with Crippen LogP contribution in [-0.2, 0) is 0 Å². The van der Waals surface area contributed by atoms with E-state index in [2.05, 4.69) is 53.1 Å². The highest BCUT2D eigenvalue weighted by molar-refractivity contribution is 9.11. The van der Waals surface area contributed by atoms with E-state index in [-0.39, 0.29) is 11.5 Å². The van der Waals surface area contributed by atoms with E-state index in [1.807, 2.05) is 0 Å². The topological polar surface area (TPSA) is 66.4 Å². The number of carboxylic acid groups (broad SMARTS) is 1. The van der Waals surface area contributed by atoms with Crippen LogP contribution in [0.1, 0.15) is 20.7 Å². The lowest BCUT2D eigenvalue weighted by atomic mass is 10.1. The minimum absolute atomic E-state index is 0.100. The van der Waals surface area contributed by atoms with Gasteiger partial charge in [-0.1, -0.05) is 15.9 Å². The van der Waals surface area contributed by atoms with Gasteiger partial charge in [-0.25, -0.2) is 4.79 Å². The first-order chi connectivity index (χ1) is 9.88. The summed E-state index contributed by atoms with van der Waals surface area (Å²) in [7, 11) is 0. The van der Waals surface area contributed by atoms with Gasteiger partial charge in [0, 0.05) is 13.4 Å². The van der Waals surface area contributed by atoms with Gasteiger partial charge in [-0.3, -0.25) is 4.79 Å². The molecule has 0 bridgehead atoms. The number of aromatic carboxylic acids is 1. The fourth-order valence-electron chi connectivity index (χ4n) is 1.62.